The van der Waals surface area contributed by atoms with Gasteiger partial charge in [0.15, 0.2) is 55.9 Å². The van der Waals surface area contributed by atoms with Crippen molar-refractivity contribution in [2.45, 2.75) is 325 Å². The summed E-state index contributed by atoms with van der Waals surface area (Å²) >= 11 is 0. The van der Waals surface area contributed by atoms with Crippen LogP contribution in [-0.2, 0) is 85.5 Å². The fourth-order valence-corrected chi connectivity index (χ4v) is 11.9. The van der Waals surface area contributed by atoms with Gasteiger partial charge in [-0.3, -0.25) is 14.4 Å². The van der Waals surface area contributed by atoms with Crippen LogP contribution >= 0.6 is 0 Å². The molecule has 90 heavy (non-hydrogen) atoms. The molecule has 0 radical (unpaired) electrons. The first kappa shape index (κ1) is 73.6. The molecule has 7 rings (SSSR count). The van der Waals surface area contributed by atoms with E-state index < -0.39 is 189 Å². The zero-order valence-corrected chi connectivity index (χ0v) is 53.8. The SMILES string of the molecule is CCCCC[C@H]1CCCCCCCCCC(=O)O[C@H]2[C@H](O[C@H]3[C@H](O1)O[C@H](C)[C@H](O)[C@@H]3O)O[C@@H](C)[C@H](O[C@@H]1O[C@@H](C)[C@H](O[C@@H]3O[C@@H](C)[C@H](OC(=O)[C@@H](C)CC)[C@@H](OC(=O)/C=C/c4ccccc4)[C@H]3O)[C@@H](O[C@@H]3O[C@@H](C)[C@H](O)[C@@H](O)[C@H]3O)[C@H]1OC(=O)[C@@H](C)CC)[C@H]2O. The number of hydrogen-bond donors (Lipinski definition) is 7. The van der Waals surface area contributed by atoms with Crippen LogP contribution in [0.2, 0.25) is 0 Å². The molecular formula is C65H102O25. The summed E-state index contributed by atoms with van der Waals surface area (Å²) in [6, 6.07) is 8.86. The van der Waals surface area contributed by atoms with Crippen LogP contribution in [0.1, 0.15) is 171 Å². The van der Waals surface area contributed by atoms with Gasteiger partial charge in [-0.05, 0) is 78.4 Å². The zero-order valence-electron chi connectivity index (χ0n) is 53.8. The van der Waals surface area contributed by atoms with Crippen molar-refractivity contribution in [3.05, 3.63) is 42.0 Å². The van der Waals surface area contributed by atoms with Gasteiger partial charge in [-0.2, -0.15) is 0 Å². The summed E-state index contributed by atoms with van der Waals surface area (Å²) in [6.07, 6.45) is -25.8. The Bertz CT molecular complexity index is 2380. The predicted octanol–water partition coefficient (Wildman–Crippen LogP) is 4.72. The van der Waals surface area contributed by atoms with Crippen LogP contribution in [0.15, 0.2) is 36.4 Å². The number of aliphatic hydroxyl groups excluding tert-OH is 7. The smallest absolute Gasteiger partial charge is 0.331 e. The van der Waals surface area contributed by atoms with Gasteiger partial charge in [-0.15, -0.1) is 0 Å². The van der Waals surface area contributed by atoms with Crippen LogP contribution in [-0.4, -0.2) is 219 Å². The van der Waals surface area contributed by atoms with Gasteiger partial charge >= 0.3 is 23.9 Å². The second-order valence-electron chi connectivity index (χ2n) is 25.2. The van der Waals surface area contributed by atoms with Gasteiger partial charge in [0.2, 0.25) is 0 Å². The predicted molar refractivity (Wildman–Crippen MR) is 318 cm³/mol. The van der Waals surface area contributed by atoms with Crippen molar-refractivity contribution in [3.8, 4) is 0 Å². The Labute approximate surface area is 528 Å². The zero-order chi connectivity index (χ0) is 65.5. The largest absolute Gasteiger partial charge is 0.455 e. The van der Waals surface area contributed by atoms with E-state index in [1.165, 1.54) is 33.8 Å². The van der Waals surface area contributed by atoms with Crippen LogP contribution in [0.5, 0.6) is 0 Å². The first-order chi connectivity index (χ1) is 43.0. The lowest BCUT2D eigenvalue weighted by atomic mass is 9.95. The minimum absolute atomic E-state index is 0.0408. The van der Waals surface area contributed by atoms with E-state index in [2.05, 4.69) is 6.92 Å². The van der Waals surface area contributed by atoms with Gasteiger partial charge in [0.1, 0.15) is 67.1 Å². The molecule has 28 atom stereocenters. The van der Waals surface area contributed by atoms with Crippen molar-refractivity contribution in [2.75, 3.05) is 0 Å². The lowest BCUT2D eigenvalue weighted by Crippen LogP contribution is -2.68. The van der Waals surface area contributed by atoms with Crippen molar-refractivity contribution in [1.29, 1.82) is 0 Å². The summed E-state index contributed by atoms with van der Waals surface area (Å²) in [6.45, 7) is 16.4. The molecule has 25 heteroatoms. The lowest BCUT2D eigenvalue weighted by Gasteiger charge is -2.51. The van der Waals surface area contributed by atoms with Crippen molar-refractivity contribution >= 4 is 30.0 Å². The molecule has 0 spiro atoms. The van der Waals surface area contributed by atoms with Crippen LogP contribution in [0.25, 0.3) is 6.08 Å². The van der Waals surface area contributed by atoms with E-state index in [1.807, 2.05) is 0 Å². The summed E-state index contributed by atoms with van der Waals surface area (Å²) < 4.78 is 88.9. The minimum Gasteiger partial charge on any atom is -0.455 e. The average molecular weight is 1280 g/mol. The number of hydrogen-bond acceptors (Lipinski definition) is 25. The molecule has 6 saturated heterocycles. The Hall–Kier alpha value is -3.84. The van der Waals surface area contributed by atoms with Crippen molar-refractivity contribution in [1.82, 2.24) is 0 Å². The average Bonchev–Trinajstić information content (AvgIpc) is 0.839. The summed E-state index contributed by atoms with van der Waals surface area (Å²) in [5, 5.41) is 81.4. The topological polar surface area (TPSA) is 339 Å². The normalized spacial score (nSPS) is 41.0. The summed E-state index contributed by atoms with van der Waals surface area (Å²) in [5.74, 6) is -4.47. The third-order valence-corrected chi connectivity index (χ3v) is 18.1. The van der Waals surface area contributed by atoms with Gasteiger partial charge in [0, 0.05) is 12.5 Å². The molecule has 0 unspecified atom stereocenters. The maximum atomic E-state index is 14.3. The number of benzene rings is 1. The fourth-order valence-electron chi connectivity index (χ4n) is 11.9. The number of ether oxygens (including phenoxy) is 14. The summed E-state index contributed by atoms with van der Waals surface area (Å²) in [7, 11) is 0. The van der Waals surface area contributed by atoms with Crippen molar-refractivity contribution in [2.24, 2.45) is 11.8 Å². The summed E-state index contributed by atoms with van der Waals surface area (Å²) in [4.78, 5) is 55.2. The molecule has 6 heterocycles. The highest BCUT2D eigenvalue weighted by Gasteiger charge is 2.59. The molecule has 25 nitrogen and oxygen atoms in total. The van der Waals surface area contributed by atoms with Crippen LogP contribution in [0, 0.1) is 11.8 Å². The fraction of sp³-hybridized carbons (Fsp3) is 0.815. The maximum absolute atomic E-state index is 14.3. The standard InChI is InChI=1S/C65H102O25/c1-11-14-21-28-41-29-24-18-16-15-17-19-25-30-42(66)84-56-49(73)51(37(8)80-64(56)89-55-47(71)45(69)36(7)78-63(55)82-41)87-65-58(86-60(76)34(5)13-3)57(90-61-48(72)46(70)44(68)35(6)77-61)53(39(10)81-65)88-62-50(74)54(52(38(9)79-62)85-59(75)33(4)12-2)83-43(67)32-31-40-26-22-20-23-27-40/h20,22-23,26-27,31-39,41,44-58,61-65,68-74H,11-19,21,24-25,28-30H2,1-10H3/b32-31+/t33-,34-,35-,36+,37-,38-,39-,41-,44-,45-,46+,47-,48+,49+,50+,51-,52-,53-,54-,55+,56+,57+,58+,61-,62-,63-,64-,65-/m0/s1. The molecule has 1 aromatic rings. The van der Waals surface area contributed by atoms with E-state index in [0.29, 0.717) is 31.2 Å². The molecule has 0 amide bonds. The van der Waals surface area contributed by atoms with Gasteiger partial charge in [0.25, 0.3) is 0 Å². The highest BCUT2D eigenvalue weighted by Crippen LogP contribution is 2.40. The monoisotopic (exact) mass is 1280 g/mol. The molecule has 0 aromatic heterocycles. The number of unbranched alkanes of at least 4 members (excludes halogenated alkanes) is 2. The Morgan fingerprint density at radius 2 is 1.04 bits per heavy atom. The van der Waals surface area contributed by atoms with Gasteiger partial charge in [0.05, 0.1) is 48.5 Å². The Morgan fingerprint density at radius 1 is 0.511 bits per heavy atom. The molecule has 7 N–H and O–H groups in total. The number of rotatable bonds is 19. The van der Waals surface area contributed by atoms with Crippen LogP contribution < -0.4 is 0 Å². The molecule has 512 valence electrons. The van der Waals surface area contributed by atoms with Crippen LogP contribution in [0.4, 0.5) is 0 Å². The molecule has 6 aliphatic heterocycles. The first-order valence-electron chi connectivity index (χ1n) is 32.8. The van der Waals surface area contributed by atoms with Crippen LogP contribution in [0.3, 0.4) is 0 Å². The van der Waals surface area contributed by atoms with E-state index in [9.17, 15) is 54.9 Å². The van der Waals surface area contributed by atoms with E-state index in [-0.39, 0.29) is 18.9 Å². The lowest BCUT2D eigenvalue weighted by molar-refractivity contribution is -0.399. The van der Waals surface area contributed by atoms with Gasteiger partial charge < -0.3 is 102 Å². The van der Waals surface area contributed by atoms with E-state index in [1.54, 1.807) is 65.0 Å². The minimum atomic E-state index is -1.95. The number of esters is 4. The van der Waals surface area contributed by atoms with Crippen molar-refractivity contribution in [3.63, 3.8) is 0 Å². The second-order valence-corrected chi connectivity index (χ2v) is 25.2. The van der Waals surface area contributed by atoms with Crippen molar-refractivity contribution < 1.29 is 121 Å². The second kappa shape index (κ2) is 35.1. The third-order valence-electron chi connectivity index (χ3n) is 18.1. The number of carbonyl (C=O) groups is 4. The molecule has 0 aliphatic carbocycles. The molecule has 0 saturated carbocycles. The van der Waals surface area contributed by atoms with E-state index in [0.717, 1.165) is 63.9 Å². The summed E-state index contributed by atoms with van der Waals surface area (Å²) in [5.41, 5.74) is 0.661. The molecule has 0 bridgehead atoms. The third kappa shape index (κ3) is 19.2. The van der Waals surface area contributed by atoms with Gasteiger partial charge in [-0.25, -0.2) is 4.79 Å². The van der Waals surface area contributed by atoms with Gasteiger partial charge in [-0.1, -0.05) is 123 Å². The highest BCUT2D eigenvalue weighted by molar-refractivity contribution is 5.87. The number of fused-ring (bicyclic) bond motifs is 2. The molecule has 1 aromatic carbocycles. The maximum Gasteiger partial charge on any atom is 0.331 e. The molecule has 6 aliphatic rings. The quantitative estimate of drug-likeness (QED) is 0.0426. The first-order valence-corrected chi connectivity index (χ1v) is 32.8. The number of carbonyl (C=O) groups excluding carboxylic acids is 4. The van der Waals surface area contributed by atoms with E-state index in [4.69, 9.17) is 66.3 Å². The number of aliphatic hydroxyl groups is 7. The highest BCUT2D eigenvalue weighted by atomic mass is 16.8. The van der Waals surface area contributed by atoms with E-state index >= 15 is 0 Å². The molecule has 6 fully saturated rings. The molecular weight excluding hydrogens is 1180 g/mol. The Morgan fingerprint density at radius 3 is 1.71 bits per heavy atom. The Balaban J connectivity index is 1.24. The Kier molecular flexibility index (Phi) is 28.7.